The van der Waals surface area contributed by atoms with Crippen molar-refractivity contribution >= 4 is 29.9 Å². The van der Waals surface area contributed by atoms with Gasteiger partial charge in [-0.15, -0.1) is 24.0 Å². The van der Waals surface area contributed by atoms with Crippen LogP contribution in [0.2, 0.25) is 0 Å². The van der Waals surface area contributed by atoms with Crippen molar-refractivity contribution in [1.29, 1.82) is 0 Å². The number of likely N-dealkylation sites (tertiary alicyclic amines) is 1. The highest BCUT2D eigenvalue weighted by Gasteiger charge is 2.34. The molecule has 1 aliphatic heterocycles. The number of hydrogen-bond acceptors (Lipinski definition) is 3. The third-order valence-electron chi connectivity index (χ3n) is 5.07. The third kappa shape index (κ3) is 4.96. The molecule has 2 saturated carbocycles. The Balaban J connectivity index is 0.00000176. The van der Waals surface area contributed by atoms with Crippen LogP contribution >= 0.6 is 24.0 Å². The summed E-state index contributed by atoms with van der Waals surface area (Å²) in [6, 6.07) is 1.39. The molecule has 22 heavy (non-hydrogen) atoms. The number of nitrogens with zero attached hydrogens (tertiary/aromatic N) is 2. The van der Waals surface area contributed by atoms with Gasteiger partial charge < -0.3 is 15.7 Å². The van der Waals surface area contributed by atoms with Crippen molar-refractivity contribution in [3.63, 3.8) is 0 Å². The van der Waals surface area contributed by atoms with Crippen LogP contribution in [-0.4, -0.2) is 60.3 Å². The van der Waals surface area contributed by atoms with Gasteiger partial charge in [0.15, 0.2) is 5.96 Å². The Labute approximate surface area is 151 Å². The van der Waals surface area contributed by atoms with E-state index in [-0.39, 0.29) is 30.1 Å². The first-order valence-electron chi connectivity index (χ1n) is 8.73. The molecule has 1 saturated heterocycles. The van der Waals surface area contributed by atoms with E-state index in [9.17, 15) is 5.11 Å². The van der Waals surface area contributed by atoms with E-state index in [1.807, 2.05) is 0 Å². The lowest BCUT2D eigenvalue weighted by molar-refractivity contribution is 0.136. The van der Waals surface area contributed by atoms with Crippen molar-refractivity contribution in [2.45, 2.75) is 63.6 Å². The first kappa shape index (κ1) is 18.3. The Kier molecular flexibility index (Phi) is 7.21. The average Bonchev–Trinajstić information content (AvgIpc) is 3.09. The molecule has 3 rings (SSSR count). The fourth-order valence-corrected chi connectivity index (χ4v) is 3.63. The molecular weight excluding hydrogens is 391 g/mol. The van der Waals surface area contributed by atoms with Crippen LogP contribution in [0.1, 0.15) is 45.4 Å². The lowest BCUT2D eigenvalue weighted by Gasteiger charge is -2.19. The van der Waals surface area contributed by atoms with Gasteiger partial charge in [-0.05, 0) is 39.0 Å². The molecule has 3 aliphatic rings. The van der Waals surface area contributed by atoms with Crippen LogP contribution < -0.4 is 10.6 Å². The average molecular weight is 422 g/mol. The minimum atomic E-state index is -0.145. The molecule has 3 unspecified atom stereocenters. The molecule has 128 valence electrons. The summed E-state index contributed by atoms with van der Waals surface area (Å²) in [5, 5.41) is 16.8. The zero-order valence-corrected chi connectivity index (χ0v) is 16.0. The SMILES string of the molecule is CCNC(=NCC1CCCC1O)NC1CCN(C2CC2)C1.I. The summed E-state index contributed by atoms with van der Waals surface area (Å²) in [6.45, 7) is 6.12. The van der Waals surface area contributed by atoms with Gasteiger partial charge in [-0.2, -0.15) is 0 Å². The lowest BCUT2D eigenvalue weighted by Crippen LogP contribution is -2.45. The van der Waals surface area contributed by atoms with Gasteiger partial charge in [-0.3, -0.25) is 9.89 Å². The molecule has 3 atom stereocenters. The van der Waals surface area contributed by atoms with E-state index in [1.54, 1.807) is 0 Å². The maximum atomic E-state index is 9.90. The van der Waals surface area contributed by atoms with Crippen molar-refractivity contribution in [2.75, 3.05) is 26.2 Å². The molecule has 3 N–H and O–H groups in total. The van der Waals surface area contributed by atoms with Gasteiger partial charge in [-0.25, -0.2) is 0 Å². The second kappa shape index (κ2) is 8.68. The Hall–Kier alpha value is -0.0800. The molecular formula is C16H31IN4O. The molecule has 2 aliphatic carbocycles. The van der Waals surface area contributed by atoms with Crippen LogP contribution in [0.15, 0.2) is 4.99 Å². The van der Waals surface area contributed by atoms with Gasteiger partial charge >= 0.3 is 0 Å². The van der Waals surface area contributed by atoms with Crippen LogP contribution in [0.3, 0.4) is 0 Å². The van der Waals surface area contributed by atoms with E-state index >= 15 is 0 Å². The summed E-state index contributed by atoms with van der Waals surface area (Å²) in [5.74, 6) is 1.28. The van der Waals surface area contributed by atoms with Crippen molar-refractivity contribution in [1.82, 2.24) is 15.5 Å². The molecule has 0 radical (unpaired) electrons. The number of halogens is 1. The van der Waals surface area contributed by atoms with E-state index in [0.717, 1.165) is 50.9 Å². The Bertz CT molecular complexity index is 375. The van der Waals surface area contributed by atoms with Crippen molar-refractivity contribution in [3.8, 4) is 0 Å². The standard InChI is InChI=1S/C16H30N4O.HI/c1-2-17-16(18-10-12-4-3-5-15(12)21)19-13-8-9-20(11-13)14-6-7-14;/h12-15,21H,2-11H2,1H3,(H2,17,18,19);1H. The highest BCUT2D eigenvalue weighted by Crippen LogP contribution is 2.29. The predicted octanol–water partition coefficient (Wildman–Crippen LogP) is 1.56. The number of aliphatic hydroxyl groups excluding tert-OH is 1. The number of aliphatic imine (C=N–C) groups is 1. The van der Waals surface area contributed by atoms with Gasteiger partial charge in [0.25, 0.3) is 0 Å². The molecule has 0 aromatic carbocycles. The van der Waals surface area contributed by atoms with E-state index in [4.69, 9.17) is 4.99 Å². The van der Waals surface area contributed by atoms with Crippen LogP contribution in [0.4, 0.5) is 0 Å². The maximum absolute atomic E-state index is 9.90. The minimum absolute atomic E-state index is 0. The van der Waals surface area contributed by atoms with Crippen molar-refractivity contribution < 1.29 is 5.11 Å². The Morgan fingerprint density at radius 1 is 1.23 bits per heavy atom. The number of nitrogens with one attached hydrogen (secondary N) is 2. The fourth-order valence-electron chi connectivity index (χ4n) is 3.63. The normalized spacial score (nSPS) is 32.8. The highest BCUT2D eigenvalue weighted by atomic mass is 127. The van der Waals surface area contributed by atoms with Crippen LogP contribution in [0.5, 0.6) is 0 Å². The molecule has 0 aromatic heterocycles. The van der Waals surface area contributed by atoms with Crippen molar-refractivity contribution in [3.05, 3.63) is 0 Å². The Morgan fingerprint density at radius 2 is 2.05 bits per heavy atom. The Morgan fingerprint density at radius 3 is 2.68 bits per heavy atom. The smallest absolute Gasteiger partial charge is 0.191 e. The molecule has 5 nitrogen and oxygen atoms in total. The number of hydrogen-bond donors (Lipinski definition) is 3. The molecule has 0 aromatic rings. The topological polar surface area (TPSA) is 59.9 Å². The van der Waals surface area contributed by atoms with Gasteiger partial charge in [0.2, 0.25) is 0 Å². The largest absolute Gasteiger partial charge is 0.393 e. The summed E-state index contributed by atoms with van der Waals surface area (Å²) in [7, 11) is 0. The van der Waals surface area contributed by atoms with E-state index in [1.165, 1.54) is 25.8 Å². The quantitative estimate of drug-likeness (QED) is 0.358. The molecule has 1 heterocycles. The summed E-state index contributed by atoms with van der Waals surface area (Å²) in [6.07, 6.45) is 7.05. The lowest BCUT2D eigenvalue weighted by atomic mass is 10.1. The molecule has 6 heteroatoms. The highest BCUT2D eigenvalue weighted by molar-refractivity contribution is 14.0. The minimum Gasteiger partial charge on any atom is -0.393 e. The molecule has 0 spiro atoms. The van der Waals surface area contributed by atoms with Crippen LogP contribution in [0.25, 0.3) is 0 Å². The van der Waals surface area contributed by atoms with E-state index in [2.05, 4.69) is 22.5 Å². The molecule has 3 fully saturated rings. The first-order chi connectivity index (χ1) is 10.3. The second-order valence-electron chi connectivity index (χ2n) is 6.83. The summed E-state index contributed by atoms with van der Waals surface area (Å²) in [5.41, 5.74) is 0. The van der Waals surface area contributed by atoms with Gasteiger partial charge in [0.05, 0.1) is 6.10 Å². The second-order valence-corrected chi connectivity index (χ2v) is 6.83. The van der Waals surface area contributed by atoms with Gasteiger partial charge in [-0.1, -0.05) is 6.42 Å². The number of guanidine groups is 1. The van der Waals surface area contributed by atoms with Gasteiger partial charge in [0, 0.05) is 44.2 Å². The van der Waals surface area contributed by atoms with Crippen LogP contribution in [-0.2, 0) is 0 Å². The molecule has 0 amide bonds. The van der Waals surface area contributed by atoms with Crippen LogP contribution in [0, 0.1) is 5.92 Å². The maximum Gasteiger partial charge on any atom is 0.191 e. The molecule has 0 bridgehead atoms. The van der Waals surface area contributed by atoms with E-state index < -0.39 is 0 Å². The number of rotatable bonds is 5. The summed E-state index contributed by atoms with van der Waals surface area (Å²) in [4.78, 5) is 7.32. The zero-order chi connectivity index (χ0) is 14.7. The summed E-state index contributed by atoms with van der Waals surface area (Å²) < 4.78 is 0. The zero-order valence-electron chi connectivity index (χ0n) is 13.6. The summed E-state index contributed by atoms with van der Waals surface area (Å²) >= 11 is 0. The first-order valence-corrected chi connectivity index (χ1v) is 8.73. The third-order valence-corrected chi connectivity index (χ3v) is 5.07. The fraction of sp³-hybridized carbons (Fsp3) is 0.938. The monoisotopic (exact) mass is 422 g/mol. The number of aliphatic hydroxyl groups is 1. The predicted molar refractivity (Wildman–Crippen MR) is 101 cm³/mol. The van der Waals surface area contributed by atoms with E-state index in [0.29, 0.717) is 12.0 Å². The van der Waals surface area contributed by atoms with Crippen molar-refractivity contribution in [2.24, 2.45) is 10.9 Å². The van der Waals surface area contributed by atoms with Gasteiger partial charge in [0.1, 0.15) is 0 Å².